The Kier molecular flexibility index (Phi) is 9.81. The molecule has 0 spiro atoms. The Bertz CT molecular complexity index is 631. The monoisotopic (exact) mass is 405 g/mol. The lowest BCUT2D eigenvalue weighted by molar-refractivity contribution is -0.0589. The van der Waals surface area contributed by atoms with E-state index in [0.29, 0.717) is 12.5 Å². The van der Waals surface area contributed by atoms with Gasteiger partial charge in [0.1, 0.15) is 5.82 Å². The fraction of sp³-hybridized carbons (Fsp3) is 0.680. The van der Waals surface area contributed by atoms with Crippen molar-refractivity contribution in [3.05, 3.63) is 41.7 Å². The van der Waals surface area contributed by atoms with Crippen molar-refractivity contribution in [3.63, 3.8) is 0 Å². The highest BCUT2D eigenvalue weighted by Gasteiger charge is 2.36. The molecule has 164 valence electrons. The van der Waals surface area contributed by atoms with Crippen molar-refractivity contribution in [3.8, 4) is 0 Å². The van der Waals surface area contributed by atoms with Crippen LogP contribution in [0.15, 0.2) is 24.8 Å². The first-order valence-corrected chi connectivity index (χ1v) is 11.3. The number of hydrogen-bond donors (Lipinski definition) is 1. The molecule has 0 amide bonds. The molecule has 1 N–H and O–H groups in total. The normalized spacial score (nSPS) is 25.4. The summed E-state index contributed by atoms with van der Waals surface area (Å²) in [6.45, 7) is 15.2. The van der Waals surface area contributed by atoms with Crippen LogP contribution < -0.4 is 5.32 Å². The van der Waals surface area contributed by atoms with Crippen LogP contribution in [0.25, 0.3) is 6.08 Å². The molecule has 1 saturated carbocycles. The minimum Gasteiger partial charge on any atom is -0.376 e. The molecule has 4 heteroatoms. The van der Waals surface area contributed by atoms with E-state index in [1.807, 2.05) is 6.07 Å². The Morgan fingerprint density at radius 3 is 2.52 bits per heavy atom. The van der Waals surface area contributed by atoms with Crippen LogP contribution in [0.3, 0.4) is 0 Å². The molecule has 1 aromatic carbocycles. The van der Waals surface area contributed by atoms with E-state index in [2.05, 4.69) is 46.5 Å². The minimum atomic E-state index is -0.226. The molecule has 0 bridgehead atoms. The van der Waals surface area contributed by atoms with E-state index < -0.39 is 0 Å². The fourth-order valence-corrected chi connectivity index (χ4v) is 4.51. The molecule has 29 heavy (non-hydrogen) atoms. The van der Waals surface area contributed by atoms with Gasteiger partial charge in [-0.25, -0.2) is 4.39 Å². The van der Waals surface area contributed by atoms with Crippen molar-refractivity contribution in [1.29, 1.82) is 0 Å². The predicted molar refractivity (Wildman–Crippen MR) is 119 cm³/mol. The van der Waals surface area contributed by atoms with Gasteiger partial charge in [0.2, 0.25) is 0 Å². The molecule has 0 aromatic heterocycles. The molecule has 1 fully saturated rings. The highest BCUT2D eigenvalue weighted by molar-refractivity contribution is 5.51. The molecular weight excluding hydrogens is 365 g/mol. The summed E-state index contributed by atoms with van der Waals surface area (Å²) in [5, 5.41) is 3.74. The van der Waals surface area contributed by atoms with Crippen LogP contribution >= 0.6 is 0 Å². The zero-order valence-electron chi connectivity index (χ0n) is 18.9. The van der Waals surface area contributed by atoms with E-state index in [9.17, 15) is 4.39 Å². The summed E-state index contributed by atoms with van der Waals surface area (Å²) in [4.78, 5) is 0. The third kappa shape index (κ3) is 7.51. The van der Waals surface area contributed by atoms with Gasteiger partial charge < -0.3 is 14.8 Å². The van der Waals surface area contributed by atoms with Crippen LogP contribution in [0.4, 0.5) is 4.39 Å². The SMILES string of the molecule is C=Cc1cc(F)ccc1CNC1CCC(OC(C)C)CC(CCC)C1OC(C)C. The molecule has 0 saturated heterocycles. The highest BCUT2D eigenvalue weighted by atomic mass is 19.1. The fourth-order valence-electron chi connectivity index (χ4n) is 4.51. The number of halogens is 1. The van der Waals surface area contributed by atoms with E-state index in [4.69, 9.17) is 9.47 Å². The molecular formula is C25H40FNO2. The van der Waals surface area contributed by atoms with Crippen LogP contribution in [0, 0.1) is 11.7 Å². The Hall–Kier alpha value is -1.23. The summed E-state index contributed by atoms with van der Waals surface area (Å²) in [6.07, 6.45) is 7.97. The topological polar surface area (TPSA) is 30.5 Å². The second kappa shape index (κ2) is 11.8. The first-order chi connectivity index (χ1) is 13.8. The van der Waals surface area contributed by atoms with Crippen molar-refractivity contribution in [2.45, 2.75) is 104 Å². The summed E-state index contributed by atoms with van der Waals surface area (Å²) in [5.41, 5.74) is 1.91. The van der Waals surface area contributed by atoms with E-state index in [-0.39, 0.29) is 36.3 Å². The van der Waals surface area contributed by atoms with Crippen molar-refractivity contribution < 1.29 is 13.9 Å². The van der Waals surface area contributed by atoms with Gasteiger partial charge in [0.15, 0.2) is 0 Å². The summed E-state index contributed by atoms with van der Waals surface area (Å²) in [7, 11) is 0. The van der Waals surface area contributed by atoms with Gasteiger partial charge in [-0.15, -0.1) is 0 Å². The van der Waals surface area contributed by atoms with Gasteiger partial charge in [-0.2, -0.15) is 0 Å². The van der Waals surface area contributed by atoms with Crippen molar-refractivity contribution >= 4 is 6.08 Å². The molecule has 0 aliphatic heterocycles. The van der Waals surface area contributed by atoms with Crippen molar-refractivity contribution in [2.75, 3.05) is 0 Å². The third-order valence-corrected chi connectivity index (χ3v) is 5.66. The van der Waals surface area contributed by atoms with Crippen molar-refractivity contribution in [2.24, 2.45) is 5.92 Å². The average molecular weight is 406 g/mol. The van der Waals surface area contributed by atoms with Crippen LogP contribution in [-0.2, 0) is 16.0 Å². The Labute approximate surface area is 177 Å². The van der Waals surface area contributed by atoms with Gasteiger partial charge in [-0.05, 0) is 82.6 Å². The zero-order valence-corrected chi connectivity index (χ0v) is 18.9. The van der Waals surface area contributed by atoms with E-state index in [1.165, 1.54) is 6.07 Å². The standard InChI is InChI=1S/C25H40FNO2/c1-7-9-20-15-23(28-17(3)4)12-13-24(25(20)29-18(5)6)27-16-21-10-11-22(26)14-19(21)8-2/h8,10-11,14,17-18,20,23-25,27H,2,7,9,12-13,15-16H2,1,3-6H3. The van der Waals surface area contributed by atoms with Crippen LogP contribution in [0.1, 0.15) is 77.8 Å². The number of nitrogens with one attached hydrogen (secondary N) is 1. The second-order valence-electron chi connectivity index (χ2n) is 8.85. The quantitative estimate of drug-likeness (QED) is 0.476. The molecule has 1 aromatic rings. The Morgan fingerprint density at radius 2 is 1.90 bits per heavy atom. The summed E-state index contributed by atoms with van der Waals surface area (Å²) >= 11 is 0. The maximum Gasteiger partial charge on any atom is 0.123 e. The van der Waals surface area contributed by atoms with Gasteiger partial charge in [-0.3, -0.25) is 0 Å². The molecule has 4 atom stereocenters. The van der Waals surface area contributed by atoms with E-state index >= 15 is 0 Å². The van der Waals surface area contributed by atoms with Gasteiger partial charge in [0.25, 0.3) is 0 Å². The summed E-state index contributed by atoms with van der Waals surface area (Å²) in [5.74, 6) is 0.245. The highest BCUT2D eigenvalue weighted by Crippen LogP contribution is 2.33. The maximum atomic E-state index is 13.6. The first-order valence-electron chi connectivity index (χ1n) is 11.3. The lowest BCUT2D eigenvalue weighted by Gasteiger charge is -2.34. The lowest BCUT2D eigenvalue weighted by Crippen LogP contribution is -2.45. The number of rotatable bonds is 10. The number of ether oxygens (including phenoxy) is 2. The first kappa shape index (κ1) is 24.0. The van der Waals surface area contributed by atoms with Gasteiger partial charge in [0, 0.05) is 12.6 Å². The Morgan fingerprint density at radius 1 is 1.17 bits per heavy atom. The molecule has 2 rings (SSSR count). The van der Waals surface area contributed by atoms with Crippen LogP contribution in [0.5, 0.6) is 0 Å². The van der Waals surface area contributed by atoms with E-state index in [0.717, 1.165) is 43.2 Å². The molecule has 0 heterocycles. The van der Waals surface area contributed by atoms with Crippen molar-refractivity contribution in [1.82, 2.24) is 5.32 Å². The maximum absolute atomic E-state index is 13.6. The average Bonchev–Trinajstić information content (AvgIpc) is 2.80. The zero-order chi connectivity index (χ0) is 21.4. The largest absolute Gasteiger partial charge is 0.376 e. The number of benzene rings is 1. The van der Waals surface area contributed by atoms with Crippen LogP contribution in [-0.4, -0.2) is 30.5 Å². The summed E-state index contributed by atoms with van der Waals surface area (Å²) < 4.78 is 26.3. The Balaban J connectivity index is 2.19. The third-order valence-electron chi connectivity index (χ3n) is 5.66. The smallest absolute Gasteiger partial charge is 0.123 e. The second-order valence-corrected chi connectivity index (χ2v) is 8.85. The molecule has 1 aliphatic carbocycles. The molecule has 4 unspecified atom stereocenters. The predicted octanol–water partition coefficient (Wildman–Crippen LogP) is 6.11. The molecule has 3 nitrogen and oxygen atoms in total. The molecule has 0 radical (unpaired) electrons. The summed E-state index contributed by atoms with van der Waals surface area (Å²) in [6, 6.07) is 5.16. The van der Waals surface area contributed by atoms with Gasteiger partial charge >= 0.3 is 0 Å². The van der Waals surface area contributed by atoms with Crippen LogP contribution in [0.2, 0.25) is 0 Å². The minimum absolute atomic E-state index is 0.156. The lowest BCUT2D eigenvalue weighted by atomic mass is 9.89. The van der Waals surface area contributed by atoms with Gasteiger partial charge in [-0.1, -0.05) is 32.1 Å². The number of hydrogen-bond acceptors (Lipinski definition) is 3. The molecule has 1 aliphatic rings. The van der Waals surface area contributed by atoms with E-state index in [1.54, 1.807) is 12.1 Å². The van der Waals surface area contributed by atoms with Gasteiger partial charge in [0.05, 0.1) is 24.4 Å².